The van der Waals surface area contributed by atoms with Crippen LogP contribution in [0.2, 0.25) is 5.02 Å². The molecule has 0 aliphatic heterocycles. The number of anilines is 3. The van der Waals surface area contributed by atoms with Crippen LogP contribution in [0.4, 0.5) is 17.1 Å². The molecule has 7 aromatic carbocycles. The van der Waals surface area contributed by atoms with Crippen LogP contribution in [0.25, 0.3) is 72.0 Å². The number of aromatic nitrogens is 2. The highest BCUT2D eigenvalue weighted by Gasteiger charge is 2.25. The predicted octanol–water partition coefficient (Wildman–Crippen LogP) is 13.5. The Kier molecular flexibility index (Phi) is 6.82. The molecule has 0 unspecified atom stereocenters. The van der Waals surface area contributed by atoms with Crippen molar-refractivity contribution >= 4 is 83.6 Å². The van der Waals surface area contributed by atoms with Gasteiger partial charge in [-0.15, -0.1) is 0 Å². The maximum atomic E-state index is 7.75. The zero-order chi connectivity index (χ0) is 35.1. The Morgan fingerprint density at radius 1 is 0.596 bits per heavy atom. The van der Waals surface area contributed by atoms with E-state index in [0.29, 0.717) is 5.02 Å². The summed E-state index contributed by atoms with van der Waals surface area (Å²) in [4.78, 5) is 7.55. The average molecular weight is 694 g/mol. The second-order valence-electron chi connectivity index (χ2n) is 13.5. The van der Waals surface area contributed by atoms with E-state index in [9.17, 15) is 0 Å². The van der Waals surface area contributed by atoms with Crippen LogP contribution < -0.4 is 4.90 Å². The van der Waals surface area contributed by atoms with E-state index in [1.54, 1.807) is 0 Å². The molecule has 0 radical (unpaired) electrons. The normalized spacial score (nSPS) is 11.8. The highest BCUT2D eigenvalue weighted by molar-refractivity contribution is 6.35. The minimum Gasteiger partial charge on any atom is -0.456 e. The predicted molar refractivity (Wildman–Crippen MR) is 215 cm³/mol. The lowest BCUT2D eigenvalue weighted by Gasteiger charge is -2.30. The van der Waals surface area contributed by atoms with Crippen LogP contribution in [0.15, 0.2) is 148 Å². The molecule has 52 heavy (non-hydrogen) atoms. The van der Waals surface area contributed by atoms with Crippen LogP contribution in [0.1, 0.15) is 16.7 Å². The topological polar surface area (TPSA) is 47.3 Å². The first-order valence-electron chi connectivity index (χ1n) is 17.4. The van der Waals surface area contributed by atoms with Gasteiger partial charge < -0.3 is 13.7 Å². The van der Waals surface area contributed by atoms with E-state index in [1.807, 2.05) is 54.6 Å². The Labute approximate surface area is 304 Å². The van der Waals surface area contributed by atoms with Crippen molar-refractivity contribution in [1.29, 1.82) is 0 Å². The van der Waals surface area contributed by atoms with Crippen LogP contribution in [0.3, 0.4) is 0 Å². The minimum atomic E-state index is 0.604. The molecule has 0 bridgehead atoms. The molecule has 3 heterocycles. The number of rotatable bonds is 5. The zero-order valence-corrected chi connectivity index (χ0v) is 29.6. The summed E-state index contributed by atoms with van der Waals surface area (Å²) in [6.07, 6.45) is 0. The van der Waals surface area contributed by atoms with Crippen molar-refractivity contribution < 1.29 is 8.83 Å². The third-order valence-corrected chi connectivity index (χ3v) is 10.5. The van der Waals surface area contributed by atoms with Gasteiger partial charge >= 0.3 is 0 Å². The first-order chi connectivity index (χ1) is 25.4. The van der Waals surface area contributed by atoms with Gasteiger partial charge in [0.25, 0.3) is 0 Å². The first kappa shape index (κ1) is 30.5. The molecule has 0 saturated heterocycles. The van der Waals surface area contributed by atoms with Gasteiger partial charge in [0.15, 0.2) is 0 Å². The van der Waals surface area contributed by atoms with E-state index in [1.165, 1.54) is 5.56 Å². The lowest BCUT2D eigenvalue weighted by molar-refractivity contribution is 0.668. The Morgan fingerprint density at radius 2 is 1.25 bits per heavy atom. The number of hydrogen-bond acceptors (Lipinski definition) is 4. The van der Waals surface area contributed by atoms with Crippen molar-refractivity contribution in [3.05, 3.63) is 161 Å². The maximum Gasteiger partial charge on any atom is 0.146 e. The molecular weight excluding hydrogens is 662 g/mol. The third-order valence-electron chi connectivity index (χ3n) is 10.1. The summed E-state index contributed by atoms with van der Waals surface area (Å²) in [7, 11) is 0. The Morgan fingerprint density at radius 3 is 2.08 bits per heavy atom. The number of halogens is 1. The smallest absolute Gasteiger partial charge is 0.146 e. The first-order valence-corrected chi connectivity index (χ1v) is 17.8. The maximum absolute atomic E-state index is 7.75. The average Bonchev–Trinajstić information content (AvgIpc) is 3.84. The SMILES string of the molecule is Cc1cc(C)c(N(c2ccc3oc4ccccc4c3c2)c2cccc(-n3c(-c4cccc5oc6ccccc6c45)nc4ccccc43)c2Cl)c(C)c1. The fourth-order valence-corrected chi connectivity index (χ4v) is 8.33. The molecule has 10 rings (SSSR count). The number of para-hydroxylation sites is 4. The minimum absolute atomic E-state index is 0.604. The van der Waals surface area contributed by atoms with Gasteiger partial charge in [-0.05, 0) is 92.6 Å². The number of imidazole rings is 1. The molecule has 0 N–H and O–H groups in total. The molecule has 0 aliphatic rings. The molecule has 3 aromatic heterocycles. The lowest BCUT2D eigenvalue weighted by Crippen LogP contribution is -2.14. The monoisotopic (exact) mass is 693 g/mol. The van der Waals surface area contributed by atoms with Crippen LogP contribution in [0, 0.1) is 20.8 Å². The van der Waals surface area contributed by atoms with Crippen molar-refractivity contribution in [3.63, 3.8) is 0 Å². The van der Waals surface area contributed by atoms with Crippen LogP contribution in [-0.4, -0.2) is 9.55 Å². The van der Waals surface area contributed by atoms with E-state index < -0.39 is 0 Å². The Bertz CT molecular complexity index is 3020. The summed E-state index contributed by atoms with van der Waals surface area (Å²) in [5.74, 6) is 0.790. The van der Waals surface area contributed by atoms with Gasteiger partial charge in [0.2, 0.25) is 0 Å². The number of hydrogen-bond donors (Lipinski definition) is 0. The molecule has 0 fully saturated rings. The zero-order valence-electron chi connectivity index (χ0n) is 28.8. The number of nitrogens with zero attached hydrogens (tertiary/aromatic N) is 3. The molecule has 0 spiro atoms. The number of fused-ring (bicyclic) bond motifs is 7. The van der Waals surface area contributed by atoms with Crippen molar-refractivity contribution in [2.24, 2.45) is 0 Å². The summed E-state index contributed by atoms with van der Waals surface area (Å²) in [5, 5.41) is 4.80. The van der Waals surface area contributed by atoms with Crippen LogP contribution in [-0.2, 0) is 0 Å². The standard InChI is InChI=1S/C46H32ClN3O2/c1-27-24-28(2)45(29(3)25-27)49(30-22-23-41-34(26-30)31-12-4-8-19-39(31)51-41)37-17-11-18-38(44(37)47)50-36-16-7-6-15-35(36)48-46(50)33-14-10-21-42-43(33)32-13-5-9-20-40(32)52-42/h4-26H,1-3H3. The van der Waals surface area contributed by atoms with E-state index >= 15 is 0 Å². The van der Waals surface area contributed by atoms with E-state index in [4.69, 9.17) is 25.4 Å². The molecule has 250 valence electrons. The van der Waals surface area contributed by atoms with Crippen molar-refractivity contribution in [3.8, 4) is 17.1 Å². The Hall–Kier alpha value is -6.30. The van der Waals surface area contributed by atoms with Crippen LogP contribution >= 0.6 is 11.6 Å². The highest BCUT2D eigenvalue weighted by atomic mass is 35.5. The number of benzene rings is 7. The largest absolute Gasteiger partial charge is 0.456 e. The molecule has 5 nitrogen and oxygen atoms in total. The van der Waals surface area contributed by atoms with Crippen molar-refractivity contribution in [2.45, 2.75) is 20.8 Å². The van der Waals surface area contributed by atoms with E-state index in [2.05, 4.69) is 115 Å². The molecule has 0 amide bonds. The third kappa shape index (κ3) is 4.59. The lowest BCUT2D eigenvalue weighted by atomic mass is 10.0. The summed E-state index contributed by atoms with van der Waals surface area (Å²) in [6, 6.07) is 47.9. The molecule has 6 heteroatoms. The number of furan rings is 2. The van der Waals surface area contributed by atoms with E-state index in [0.717, 1.165) is 100 Å². The van der Waals surface area contributed by atoms with Gasteiger partial charge in [0, 0.05) is 32.8 Å². The van der Waals surface area contributed by atoms with E-state index in [-0.39, 0.29) is 0 Å². The van der Waals surface area contributed by atoms with Crippen LogP contribution in [0.5, 0.6) is 0 Å². The second kappa shape index (κ2) is 11.6. The molecule has 0 atom stereocenters. The highest BCUT2D eigenvalue weighted by Crippen LogP contribution is 2.47. The number of aryl methyl sites for hydroxylation is 3. The van der Waals surface area contributed by atoms with Crippen molar-refractivity contribution in [2.75, 3.05) is 4.90 Å². The molecule has 0 aliphatic carbocycles. The second-order valence-corrected chi connectivity index (χ2v) is 13.9. The summed E-state index contributed by atoms with van der Waals surface area (Å²) in [5.41, 5.74) is 13.5. The quantitative estimate of drug-likeness (QED) is 0.180. The fraction of sp³-hybridized carbons (Fsp3) is 0.0652. The molecule has 0 saturated carbocycles. The van der Waals surface area contributed by atoms with Gasteiger partial charge in [0.05, 0.1) is 33.1 Å². The fourth-order valence-electron chi connectivity index (χ4n) is 8.03. The van der Waals surface area contributed by atoms with Crippen molar-refractivity contribution in [1.82, 2.24) is 9.55 Å². The van der Waals surface area contributed by atoms with Gasteiger partial charge in [-0.2, -0.15) is 0 Å². The van der Waals surface area contributed by atoms with Gasteiger partial charge in [-0.3, -0.25) is 4.57 Å². The summed E-state index contributed by atoms with van der Waals surface area (Å²) >= 11 is 7.75. The van der Waals surface area contributed by atoms with Gasteiger partial charge in [-0.25, -0.2) is 4.98 Å². The summed E-state index contributed by atoms with van der Waals surface area (Å²) in [6.45, 7) is 6.48. The van der Waals surface area contributed by atoms with Gasteiger partial charge in [0.1, 0.15) is 28.2 Å². The summed E-state index contributed by atoms with van der Waals surface area (Å²) < 4.78 is 14.7. The molecule has 10 aromatic rings. The van der Waals surface area contributed by atoms with Gasteiger partial charge in [-0.1, -0.05) is 96.0 Å². The Balaban J connectivity index is 1.25. The molecular formula is C46H32ClN3O2.